The van der Waals surface area contributed by atoms with E-state index < -0.39 is 0 Å². The van der Waals surface area contributed by atoms with E-state index in [2.05, 4.69) is 26.2 Å². The molecule has 5 nitrogen and oxygen atoms in total. The van der Waals surface area contributed by atoms with Crippen LogP contribution in [0, 0.1) is 0 Å². The minimum absolute atomic E-state index is 0.0310. The van der Waals surface area contributed by atoms with Crippen molar-refractivity contribution in [1.82, 2.24) is 10.3 Å². The van der Waals surface area contributed by atoms with Gasteiger partial charge in [0, 0.05) is 36.0 Å². The monoisotopic (exact) mass is 349 g/mol. The number of hydrogen-bond acceptors (Lipinski definition) is 3. The van der Waals surface area contributed by atoms with Gasteiger partial charge >= 0.3 is 0 Å². The minimum Gasteiger partial charge on any atom is -0.378 e. The molecule has 2 rings (SSSR count). The molecular formula is C15H16BrN3O2. The molecule has 0 radical (unpaired) electrons. The Morgan fingerprint density at radius 2 is 1.90 bits per heavy atom. The van der Waals surface area contributed by atoms with Gasteiger partial charge in [-0.1, -0.05) is 0 Å². The highest BCUT2D eigenvalue weighted by Gasteiger charge is 2.11. The number of carbonyl (C=O) groups is 2. The van der Waals surface area contributed by atoms with Gasteiger partial charge in [-0.05, 0) is 46.3 Å². The summed E-state index contributed by atoms with van der Waals surface area (Å²) in [6.45, 7) is -0.0310. The summed E-state index contributed by atoms with van der Waals surface area (Å²) < 4.78 is 0.790. The maximum absolute atomic E-state index is 12.0. The highest BCUT2D eigenvalue weighted by molar-refractivity contribution is 9.10. The molecule has 0 spiro atoms. The van der Waals surface area contributed by atoms with Crippen LogP contribution in [0.5, 0.6) is 0 Å². The number of ketones is 1. The normalized spacial score (nSPS) is 10.2. The zero-order chi connectivity index (χ0) is 15.4. The van der Waals surface area contributed by atoms with Crippen molar-refractivity contribution < 1.29 is 9.59 Å². The van der Waals surface area contributed by atoms with Crippen LogP contribution in [0.3, 0.4) is 0 Å². The molecule has 2 aromatic rings. The third kappa shape index (κ3) is 3.95. The maximum atomic E-state index is 12.0. The summed E-state index contributed by atoms with van der Waals surface area (Å²) in [5.41, 5.74) is 2.01. The van der Waals surface area contributed by atoms with Crippen molar-refractivity contribution in [3.8, 4) is 0 Å². The Hall–Kier alpha value is -2.08. The molecule has 110 valence electrons. The Morgan fingerprint density at radius 1 is 1.24 bits per heavy atom. The first-order valence-corrected chi connectivity index (χ1v) is 7.19. The number of amides is 1. The maximum Gasteiger partial charge on any atom is 0.268 e. The molecule has 1 amide bonds. The van der Waals surface area contributed by atoms with Gasteiger partial charge in [0.05, 0.1) is 6.54 Å². The second kappa shape index (κ2) is 6.58. The van der Waals surface area contributed by atoms with Crippen LogP contribution in [-0.4, -0.2) is 37.3 Å². The standard InChI is InChI=1S/C15H16BrN3O2/c1-19(2)12-5-3-10(4-6-12)14(20)9-18-15(21)13-7-11(16)8-17-13/h3-8,17H,9H2,1-2H3,(H,18,21). The second-order valence-electron chi connectivity index (χ2n) is 4.78. The Bertz CT molecular complexity index is 647. The van der Waals surface area contributed by atoms with E-state index in [1.807, 2.05) is 31.1 Å². The van der Waals surface area contributed by atoms with E-state index in [1.54, 1.807) is 24.4 Å². The van der Waals surface area contributed by atoms with Crippen molar-refractivity contribution in [2.45, 2.75) is 0 Å². The molecule has 6 heteroatoms. The molecule has 2 N–H and O–H groups in total. The van der Waals surface area contributed by atoms with Crippen LogP contribution in [0.2, 0.25) is 0 Å². The zero-order valence-electron chi connectivity index (χ0n) is 11.8. The topological polar surface area (TPSA) is 65.2 Å². The Labute approximate surface area is 131 Å². The number of H-pyrrole nitrogens is 1. The van der Waals surface area contributed by atoms with Crippen LogP contribution in [0.1, 0.15) is 20.8 Å². The number of anilines is 1. The molecule has 1 aromatic carbocycles. The van der Waals surface area contributed by atoms with E-state index in [9.17, 15) is 9.59 Å². The third-order valence-electron chi connectivity index (χ3n) is 3.01. The Balaban J connectivity index is 1.94. The third-order valence-corrected chi connectivity index (χ3v) is 3.47. The predicted octanol–water partition coefficient (Wildman–Crippen LogP) is 2.46. The Morgan fingerprint density at radius 3 is 2.43 bits per heavy atom. The summed E-state index contributed by atoms with van der Waals surface area (Å²) in [5.74, 6) is -0.432. The fourth-order valence-corrected chi connectivity index (χ4v) is 2.15. The highest BCUT2D eigenvalue weighted by atomic mass is 79.9. The van der Waals surface area contributed by atoms with Crippen LogP contribution >= 0.6 is 15.9 Å². The van der Waals surface area contributed by atoms with Crippen LogP contribution in [0.4, 0.5) is 5.69 Å². The van der Waals surface area contributed by atoms with Gasteiger partial charge < -0.3 is 15.2 Å². The summed E-state index contributed by atoms with van der Waals surface area (Å²) in [4.78, 5) is 28.6. The van der Waals surface area contributed by atoms with Crippen LogP contribution in [0.25, 0.3) is 0 Å². The lowest BCUT2D eigenvalue weighted by atomic mass is 10.1. The predicted molar refractivity (Wildman–Crippen MR) is 85.9 cm³/mol. The lowest BCUT2D eigenvalue weighted by Gasteiger charge is -2.12. The molecule has 1 aromatic heterocycles. The van der Waals surface area contributed by atoms with E-state index in [0.717, 1.165) is 10.2 Å². The van der Waals surface area contributed by atoms with Gasteiger partial charge in [0.15, 0.2) is 5.78 Å². The van der Waals surface area contributed by atoms with Gasteiger partial charge in [0.2, 0.25) is 0 Å². The molecule has 21 heavy (non-hydrogen) atoms. The van der Waals surface area contributed by atoms with E-state index in [1.165, 1.54) is 0 Å². The Kier molecular flexibility index (Phi) is 4.80. The number of hydrogen-bond donors (Lipinski definition) is 2. The van der Waals surface area contributed by atoms with Gasteiger partial charge in [0.1, 0.15) is 5.69 Å². The average molecular weight is 350 g/mol. The first-order valence-electron chi connectivity index (χ1n) is 6.40. The molecule has 0 aliphatic heterocycles. The van der Waals surface area contributed by atoms with Crippen molar-refractivity contribution in [3.05, 3.63) is 52.3 Å². The number of Topliss-reactive ketones (excluding diaryl/α,β-unsaturated/α-hetero) is 1. The first kappa shape index (κ1) is 15.3. The molecule has 1 heterocycles. The number of benzene rings is 1. The van der Waals surface area contributed by atoms with Gasteiger partial charge in [-0.15, -0.1) is 0 Å². The van der Waals surface area contributed by atoms with Gasteiger partial charge in [-0.2, -0.15) is 0 Å². The molecule has 0 aliphatic rings. The van der Waals surface area contributed by atoms with Crippen molar-refractivity contribution in [1.29, 1.82) is 0 Å². The van der Waals surface area contributed by atoms with Crippen LogP contribution in [-0.2, 0) is 0 Å². The number of halogens is 1. The summed E-state index contributed by atoms with van der Waals surface area (Å²) in [5, 5.41) is 2.60. The van der Waals surface area contributed by atoms with Crippen molar-refractivity contribution >= 4 is 33.3 Å². The summed E-state index contributed by atoms with van der Waals surface area (Å²) >= 11 is 3.25. The fraction of sp³-hybridized carbons (Fsp3) is 0.200. The summed E-state index contributed by atoms with van der Waals surface area (Å²) in [7, 11) is 3.87. The highest BCUT2D eigenvalue weighted by Crippen LogP contribution is 2.13. The molecule has 0 aliphatic carbocycles. The number of nitrogens with zero attached hydrogens (tertiary/aromatic N) is 1. The average Bonchev–Trinajstić information content (AvgIpc) is 2.91. The fourth-order valence-electron chi connectivity index (χ4n) is 1.80. The molecule has 0 atom stereocenters. The SMILES string of the molecule is CN(C)c1ccc(C(=O)CNC(=O)c2cc(Br)c[nH]2)cc1. The number of rotatable bonds is 5. The number of nitrogens with one attached hydrogen (secondary N) is 2. The largest absolute Gasteiger partial charge is 0.378 e. The van der Waals surface area contributed by atoms with Crippen molar-refractivity contribution in [2.24, 2.45) is 0 Å². The van der Waals surface area contributed by atoms with Crippen LogP contribution in [0.15, 0.2) is 41.0 Å². The van der Waals surface area contributed by atoms with Gasteiger partial charge in [-0.25, -0.2) is 0 Å². The quantitative estimate of drug-likeness (QED) is 0.815. The molecule has 0 fully saturated rings. The second-order valence-corrected chi connectivity index (χ2v) is 5.69. The summed E-state index contributed by atoms with van der Waals surface area (Å²) in [6, 6.07) is 8.92. The number of carbonyl (C=O) groups excluding carboxylic acids is 2. The smallest absolute Gasteiger partial charge is 0.268 e. The molecule has 0 saturated heterocycles. The first-order chi connectivity index (χ1) is 9.97. The van der Waals surface area contributed by atoms with E-state index in [-0.39, 0.29) is 18.2 Å². The van der Waals surface area contributed by atoms with Crippen molar-refractivity contribution in [3.63, 3.8) is 0 Å². The number of aromatic nitrogens is 1. The summed E-state index contributed by atoms with van der Waals surface area (Å²) in [6.07, 6.45) is 1.66. The van der Waals surface area contributed by atoms with E-state index in [0.29, 0.717) is 11.3 Å². The molecule has 0 saturated carbocycles. The molecule has 0 unspecified atom stereocenters. The van der Waals surface area contributed by atoms with Crippen molar-refractivity contribution in [2.75, 3.05) is 25.5 Å². The molecule has 0 bridgehead atoms. The van der Waals surface area contributed by atoms with E-state index in [4.69, 9.17) is 0 Å². The lowest BCUT2D eigenvalue weighted by molar-refractivity contribution is 0.0901. The number of aromatic amines is 1. The minimum atomic E-state index is -0.307. The van der Waals surface area contributed by atoms with Gasteiger partial charge in [0.25, 0.3) is 5.91 Å². The van der Waals surface area contributed by atoms with Gasteiger partial charge in [-0.3, -0.25) is 9.59 Å². The van der Waals surface area contributed by atoms with Crippen LogP contribution < -0.4 is 10.2 Å². The molecular weight excluding hydrogens is 334 g/mol. The van der Waals surface area contributed by atoms with E-state index >= 15 is 0 Å². The lowest BCUT2D eigenvalue weighted by Crippen LogP contribution is -2.29. The zero-order valence-corrected chi connectivity index (χ0v) is 13.4.